The zero-order valence-corrected chi connectivity index (χ0v) is 13.3. The first kappa shape index (κ1) is 15.1. The van der Waals surface area contributed by atoms with Gasteiger partial charge < -0.3 is 15.6 Å². The molecular weight excluding hydrogens is 292 g/mol. The first-order valence-electron chi connectivity index (χ1n) is 7.61. The summed E-state index contributed by atoms with van der Waals surface area (Å²) in [7, 11) is 1.70. The van der Waals surface area contributed by atoms with E-state index in [0.29, 0.717) is 24.3 Å². The number of hydrogen-bond donors (Lipinski definition) is 2. The number of rotatable bonds is 5. The summed E-state index contributed by atoms with van der Waals surface area (Å²) in [4.78, 5) is 16.8. The van der Waals surface area contributed by atoms with Crippen molar-refractivity contribution in [2.24, 2.45) is 7.05 Å². The van der Waals surface area contributed by atoms with Crippen molar-refractivity contribution in [1.82, 2.24) is 24.6 Å². The van der Waals surface area contributed by atoms with E-state index in [0.717, 1.165) is 23.4 Å². The van der Waals surface area contributed by atoms with Crippen molar-refractivity contribution in [3.63, 3.8) is 0 Å². The fourth-order valence-electron chi connectivity index (χ4n) is 2.77. The molecule has 1 amide bonds. The second-order valence-corrected chi connectivity index (χ2v) is 5.34. The molecule has 23 heavy (non-hydrogen) atoms. The van der Waals surface area contributed by atoms with Crippen LogP contribution in [0.2, 0.25) is 0 Å². The lowest BCUT2D eigenvalue weighted by atomic mass is 10.3. The lowest BCUT2D eigenvalue weighted by molar-refractivity contribution is 0.0945. The molecule has 3 aromatic rings. The quantitative estimate of drug-likeness (QED) is 0.744. The number of benzene rings is 1. The maximum atomic E-state index is 12.2. The fraction of sp³-hybridized carbons (Fsp3) is 0.312. The Hall–Kier alpha value is -2.83. The number of aryl methyl sites for hydroxylation is 2. The molecule has 0 fully saturated rings. The van der Waals surface area contributed by atoms with E-state index in [1.165, 1.54) is 10.9 Å². The van der Waals surface area contributed by atoms with Gasteiger partial charge in [0, 0.05) is 26.6 Å². The van der Waals surface area contributed by atoms with Crippen LogP contribution in [-0.2, 0) is 20.0 Å². The number of carbonyl (C=O) groups is 1. The number of imidazole rings is 1. The second-order valence-electron chi connectivity index (χ2n) is 5.34. The zero-order valence-electron chi connectivity index (χ0n) is 13.3. The number of carbonyl (C=O) groups excluding carboxylic acids is 1. The number of nitrogens with zero attached hydrogens (tertiary/aromatic N) is 4. The summed E-state index contributed by atoms with van der Waals surface area (Å²) < 4.78 is 3.64. The molecule has 0 bridgehead atoms. The van der Waals surface area contributed by atoms with Crippen LogP contribution in [0.1, 0.15) is 23.2 Å². The van der Waals surface area contributed by atoms with E-state index < -0.39 is 0 Å². The van der Waals surface area contributed by atoms with Gasteiger partial charge in [0.2, 0.25) is 0 Å². The van der Waals surface area contributed by atoms with Gasteiger partial charge >= 0.3 is 0 Å². The van der Waals surface area contributed by atoms with Gasteiger partial charge in [0.25, 0.3) is 5.91 Å². The minimum atomic E-state index is -0.221. The van der Waals surface area contributed by atoms with E-state index in [1.54, 1.807) is 7.05 Å². The van der Waals surface area contributed by atoms with Crippen molar-refractivity contribution in [3.05, 3.63) is 42.0 Å². The van der Waals surface area contributed by atoms with Crippen LogP contribution in [0, 0.1) is 0 Å². The fourth-order valence-corrected chi connectivity index (χ4v) is 2.77. The number of nitrogens with two attached hydrogens (primary N) is 1. The van der Waals surface area contributed by atoms with Crippen LogP contribution in [-0.4, -0.2) is 31.8 Å². The molecule has 120 valence electrons. The molecule has 0 radical (unpaired) electrons. The van der Waals surface area contributed by atoms with Gasteiger partial charge in [-0.05, 0) is 19.1 Å². The molecule has 2 heterocycles. The van der Waals surface area contributed by atoms with Crippen LogP contribution in [0.5, 0.6) is 0 Å². The van der Waals surface area contributed by atoms with Gasteiger partial charge in [0.15, 0.2) is 0 Å². The number of nitrogen functional groups attached to an aromatic ring is 1. The second kappa shape index (κ2) is 6.12. The Kier molecular flexibility index (Phi) is 4.01. The third-order valence-corrected chi connectivity index (χ3v) is 3.87. The maximum absolute atomic E-state index is 12.2. The van der Waals surface area contributed by atoms with E-state index in [2.05, 4.69) is 33.0 Å². The van der Waals surface area contributed by atoms with E-state index in [-0.39, 0.29) is 5.91 Å². The standard InChI is InChI=1S/C16H20N6O/c1-3-22-13-7-5-4-6-12(13)20-14(22)8-9-18-16(23)15-11(17)10-19-21(15)2/h4-7,10H,3,8-9,17H2,1-2H3,(H,18,23). The lowest BCUT2D eigenvalue weighted by Crippen LogP contribution is -2.29. The summed E-state index contributed by atoms with van der Waals surface area (Å²) in [5.74, 6) is 0.744. The third-order valence-electron chi connectivity index (χ3n) is 3.87. The lowest BCUT2D eigenvalue weighted by Gasteiger charge is -2.08. The third kappa shape index (κ3) is 2.77. The first-order chi connectivity index (χ1) is 11.1. The number of aromatic nitrogens is 4. The van der Waals surface area contributed by atoms with Crippen LogP contribution in [0.4, 0.5) is 5.69 Å². The number of fused-ring (bicyclic) bond motifs is 1. The van der Waals surface area contributed by atoms with Crippen LogP contribution in [0.15, 0.2) is 30.5 Å². The first-order valence-corrected chi connectivity index (χ1v) is 7.61. The summed E-state index contributed by atoms with van der Waals surface area (Å²) in [5, 5.41) is 6.85. The van der Waals surface area contributed by atoms with Gasteiger partial charge in [-0.3, -0.25) is 9.48 Å². The van der Waals surface area contributed by atoms with E-state index in [4.69, 9.17) is 5.73 Å². The Morgan fingerprint density at radius 3 is 2.83 bits per heavy atom. The van der Waals surface area contributed by atoms with Gasteiger partial charge in [0.1, 0.15) is 11.5 Å². The molecule has 3 rings (SSSR count). The van der Waals surface area contributed by atoms with Crippen molar-refractivity contribution in [2.45, 2.75) is 19.9 Å². The SMILES string of the molecule is CCn1c(CCNC(=O)c2c(N)cnn2C)nc2ccccc21. The summed E-state index contributed by atoms with van der Waals surface area (Å²) in [5.41, 5.74) is 8.62. The molecule has 0 spiro atoms. The molecule has 0 aliphatic heterocycles. The highest BCUT2D eigenvalue weighted by molar-refractivity contribution is 5.97. The molecular formula is C16H20N6O. The molecule has 0 aliphatic carbocycles. The van der Waals surface area contributed by atoms with Crippen LogP contribution < -0.4 is 11.1 Å². The Morgan fingerprint density at radius 1 is 1.35 bits per heavy atom. The van der Waals surface area contributed by atoms with Gasteiger partial charge in [-0.2, -0.15) is 5.10 Å². The highest BCUT2D eigenvalue weighted by Gasteiger charge is 2.15. The summed E-state index contributed by atoms with van der Waals surface area (Å²) >= 11 is 0. The van der Waals surface area contributed by atoms with Gasteiger partial charge in [-0.25, -0.2) is 4.98 Å². The largest absolute Gasteiger partial charge is 0.396 e. The van der Waals surface area contributed by atoms with Gasteiger partial charge in [-0.15, -0.1) is 0 Å². The van der Waals surface area contributed by atoms with Crippen molar-refractivity contribution < 1.29 is 4.79 Å². The normalized spacial score (nSPS) is 11.0. The monoisotopic (exact) mass is 312 g/mol. The molecule has 3 N–H and O–H groups in total. The zero-order chi connectivity index (χ0) is 16.4. The van der Waals surface area contributed by atoms with Gasteiger partial charge in [0.05, 0.1) is 22.9 Å². The van der Waals surface area contributed by atoms with Crippen molar-refractivity contribution in [2.75, 3.05) is 12.3 Å². The predicted octanol–water partition coefficient (Wildman–Crippen LogP) is 1.34. The number of anilines is 1. The summed E-state index contributed by atoms with van der Waals surface area (Å²) in [6.07, 6.45) is 2.14. The molecule has 7 heteroatoms. The molecule has 1 aromatic carbocycles. The summed E-state index contributed by atoms with van der Waals surface area (Å²) in [6.45, 7) is 3.43. The molecule has 0 aliphatic rings. The summed E-state index contributed by atoms with van der Waals surface area (Å²) in [6, 6.07) is 8.04. The van der Waals surface area contributed by atoms with Crippen molar-refractivity contribution in [3.8, 4) is 0 Å². The predicted molar refractivity (Wildman–Crippen MR) is 89.1 cm³/mol. The van der Waals surface area contributed by atoms with E-state index in [1.807, 2.05) is 18.2 Å². The molecule has 0 atom stereocenters. The Bertz CT molecular complexity index is 828. The van der Waals surface area contributed by atoms with E-state index >= 15 is 0 Å². The Morgan fingerprint density at radius 2 is 2.13 bits per heavy atom. The van der Waals surface area contributed by atoms with Crippen molar-refractivity contribution in [1.29, 1.82) is 0 Å². The Labute approximate surface area is 134 Å². The molecule has 0 saturated heterocycles. The van der Waals surface area contributed by atoms with Crippen molar-refractivity contribution >= 4 is 22.6 Å². The van der Waals surface area contributed by atoms with Crippen LogP contribution in [0.3, 0.4) is 0 Å². The average molecular weight is 312 g/mol. The smallest absolute Gasteiger partial charge is 0.271 e. The Balaban J connectivity index is 1.71. The topological polar surface area (TPSA) is 90.8 Å². The minimum absolute atomic E-state index is 0.221. The number of nitrogens with one attached hydrogen (secondary N) is 1. The van der Waals surface area contributed by atoms with Crippen LogP contribution in [0.25, 0.3) is 11.0 Å². The molecule has 2 aromatic heterocycles. The molecule has 7 nitrogen and oxygen atoms in total. The number of para-hydroxylation sites is 2. The number of hydrogen-bond acceptors (Lipinski definition) is 4. The average Bonchev–Trinajstić information content (AvgIpc) is 3.06. The van der Waals surface area contributed by atoms with Gasteiger partial charge in [-0.1, -0.05) is 12.1 Å². The number of amides is 1. The molecule has 0 unspecified atom stereocenters. The highest BCUT2D eigenvalue weighted by Crippen LogP contribution is 2.16. The van der Waals surface area contributed by atoms with E-state index in [9.17, 15) is 4.79 Å². The highest BCUT2D eigenvalue weighted by atomic mass is 16.2. The maximum Gasteiger partial charge on any atom is 0.271 e. The minimum Gasteiger partial charge on any atom is -0.396 e. The molecule has 0 saturated carbocycles. The van der Waals surface area contributed by atoms with Crippen LogP contribution >= 0.6 is 0 Å².